The number of nitrogens with one attached hydrogen (secondary N) is 1. The summed E-state index contributed by atoms with van der Waals surface area (Å²) in [6, 6.07) is 9.74. The molecule has 0 amide bonds. The maximum Gasteiger partial charge on any atom is 0.322 e. The molecule has 0 saturated heterocycles. The van der Waals surface area contributed by atoms with Crippen molar-refractivity contribution in [2.75, 3.05) is 0 Å². The Morgan fingerprint density at radius 2 is 2.22 bits per heavy atom. The highest BCUT2D eigenvalue weighted by atomic mass is 32.1. The number of rotatable bonds is 1. The predicted octanol–water partition coefficient (Wildman–Crippen LogP) is 2.50. The third-order valence-electron chi connectivity index (χ3n) is 2.75. The Morgan fingerprint density at radius 1 is 1.33 bits per heavy atom. The molecule has 4 aromatic rings. The summed E-state index contributed by atoms with van der Waals surface area (Å²) in [5.41, 5.74) is 1.55. The molecule has 5 nitrogen and oxygen atoms in total. The van der Waals surface area contributed by atoms with Crippen molar-refractivity contribution in [1.29, 1.82) is 0 Å². The summed E-state index contributed by atoms with van der Waals surface area (Å²) in [7, 11) is 0. The molecule has 0 saturated carbocycles. The number of fused-ring (bicyclic) bond motifs is 2. The second kappa shape index (κ2) is 3.33. The number of H-pyrrole nitrogens is 1. The highest BCUT2D eigenvalue weighted by Gasteiger charge is 2.11. The molecule has 0 radical (unpaired) electrons. The van der Waals surface area contributed by atoms with Gasteiger partial charge in [-0.2, -0.15) is 0 Å². The van der Waals surface area contributed by atoms with E-state index >= 15 is 0 Å². The summed E-state index contributed by atoms with van der Waals surface area (Å²) in [4.78, 5) is 16.0. The van der Waals surface area contributed by atoms with Gasteiger partial charge in [-0.05, 0) is 23.5 Å². The number of hydrogen-bond acceptors (Lipinski definition) is 4. The van der Waals surface area contributed by atoms with Gasteiger partial charge in [0.2, 0.25) is 4.96 Å². The average Bonchev–Trinajstić information content (AvgIpc) is 2.98. The monoisotopic (exact) mass is 257 g/mol. The first-order valence-electron chi connectivity index (χ1n) is 5.37. The molecule has 0 fully saturated rings. The summed E-state index contributed by atoms with van der Waals surface area (Å²) in [6.45, 7) is 0. The van der Waals surface area contributed by atoms with E-state index in [1.165, 1.54) is 0 Å². The van der Waals surface area contributed by atoms with E-state index in [2.05, 4.69) is 10.1 Å². The number of nitrogens with zero attached hydrogens (tertiary/aromatic N) is 2. The zero-order valence-electron chi connectivity index (χ0n) is 9.08. The van der Waals surface area contributed by atoms with Crippen LogP contribution in [-0.4, -0.2) is 14.6 Å². The van der Waals surface area contributed by atoms with Gasteiger partial charge < -0.3 is 4.42 Å². The average molecular weight is 257 g/mol. The molecular formula is C12H7N3O2S. The Balaban J connectivity index is 1.94. The van der Waals surface area contributed by atoms with Crippen LogP contribution in [0.25, 0.3) is 27.4 Å². The maximum absolute atomic E-state index is 11.1. The quantitative estimate of drug-likeness (QED) is 0.570. The van der Waals surface area contributed by atoms with Crippen molar-refractivity contribution in [2.45, 2.75) is 0 Å². The molecule has 0 unspecified atom stereocenters. The van der Waals surface area contributed by atoms with E-state index in [1.54, 1.807) is 10.7 Å². The van der Waals surface area contributed by atoms with E-state index in [9.17, 15) is 4.79 Å². The normalized spacial score (nSPS) is 11.6. The third-order valence-corrected chi connectivity index (χ3v) is 3.49. The van der Waals surface area contributed by atoms with Crippen molar-refractivity contribution in [3.8, 4) is 11.5 Å². The highest BCUT2D eigenvalue weighted by Crippen LogP contribution is 2.27. The van der Waals surface area contributed by atoms with Crippen molar-refractivity contribution in [3.05, 3.63) is 46.2 Å². The molecule has 1 N–H and O–H groups in total. The number of para-hydroxylation sites is 1. The van der Waals surface area contributed by atoms with Crippen LogP contribution in [0, 0.1) is 0 Å². The molecule has 4 rings (SSSR count). The zero-order valence-corrected chi connectivity index (χ0v) is 9.90. The largest absolute Gasteiger partial charge is 0.454 e. The fraction of sp³-hybridized carbons (Fsp3) is 0. The summed E-state index contributed by atoms with van der Waals surface area (Å²) in [6.07, 6.45) is 1.75. The minimum atomic E-state index is -0.117. The lowest BCUT2D eigenvalue weighted by atomic mass is 10.2. The Labute approximate surface area is 104 Å². The van der Waals surface area contributed by atoms with Gasteiger partial charge in [0.15, 0.2) is 5.76 Å². The highest BCUT2D eigenvalue weighted by molar-refractivity contribution is 7.14. The smallest absolute Gasteiger partial charge is 0.322 e. The van der Waals surface area contributed by atoms with Gasteiger partial charge in [-0.25, -0.2) is 14.6 Å². The fourth-order valence-electron chi connectivity index (χ4n) is 1.95. The second-order valence-corrected chi connectivity index (χ2v) is 4.87. The molecular weight excluding hydrogens is 250 g/mol. The number of benzene rings is 1. The summed E-state index contributed by atoms with van der Waals surface area (Å²) < 4.78 is 7.33. The van der Waals surface area contributed by atoms with Gasteiger partial charge in [-0.15, -0.1) is 0 Å². The number of aromatic amines is 1. The van der Waals surface area contributed by atoms with Gasteiger partial charge >= 0.3 is 4.87 Å². The molecule has 6 heteroatoms. The lowest BCUT2D eigenvalue weighted by Crippen LogP contribution is -1.95. The van der Waals surface area contributed by atoms with Gasteiger partial charge in [0, 0.05) is 5.39 Å². The van der Waals surface area contributed by atoms with Crippen LogP contribution >= 0.6 is 11.3 Å². The molecule has 0 spiro atoms. The first-order valence-corrected chi connectivity index (χ1v) is 6.18. The van der Waals surface area contributed by atoms with Crippen LogP contribution in [-0.2, 0) is 0 Å². The van der Waals surface area contributed by atoms with E-state index in [4.69, 9.17) is 4.42 Å². The van der Waals surface area contributed by atoms with Gasteiger partial charge in [0.25, 0.3) is 0 Å². The first-order chi connectivity index (χ1) is 8.79. The molecule has 18 heavy (non-hydrogen) atoms. The Kier molecular flexibility index (Phi) is 1.79. The maximum atomic E-state index is 11.1. The van der Waals surface area contributed by atoms with Crippen molar-refractivity contribution in [2.24, 2.45) is 0 Å². The van der Waals surface area contributed by atoms with Crippen LogP contribution in [0.4, 0.5) is 0 Å². The summed E-state index contributed by atoms with van der Waals surface area (Å²) in [5, 5.41) is 3.70. The zero-order chi connectivity index (χ0) is 12.1. The van der Waals surface area contributed by atoms with E-state index < -0.39 is 0 Å². The van der Waals surface area contributed by atoms with Crippen LogP contribution in [0.5, 0.6) is 0 Å². The molecule has 0 atom stereocenters. The van der Waals surface area contributed by atoms with Crippen LogP contribution in [0.2, 0.25) is 0 Å². The molecule has 1 aromatic carbocycles. The van der Waals surface area contributed by atoms with E-state index in [0.717, 1.165) is 22.3 Å². The number of furan rings is 1. The van der Waals surface area contributed by atoms with Crippen molar-refractivity contribution in [3.63, 3.8) is 0 Å². The Hall–Kier alpha value is -2.34. The molecule has 0 aliphatic heterocycles. The van der Waals surface area contributed by atoms with Gasteiger partial charge in [-0.1, -0.05) is 18.2 Å². The number of imidazole rings is 1. The number of aromatic nitrogens is 3. The number of hydrogen-bond donors (Lipinski definition) is 1. The van der Waals surface area contributed by atoms with Gasteiger partial charge in [-0.3, -0.25) is 4.79 Å². The van der Waals surface area contributed by atoms with Crippen LogP contribution < -0.4 is 4.87 Å². The molecule has 3 aromatic heterocycles. The molecule has 0 aliphatic rings. The minimum Gasteiger partial charge on any atom is -0.454 e. The van der Waals surface area contributed by atoms with Crippen molar-refractivity contribution in [1.82, 2.24) is 14.6 Å². The lowest BCUT2D eigenvalue weighted by molar-refractivity contribution is 0.629. The predicted molar refractivity (Wildman–Crippen MR) is 68.9 cm³/mol. The standard InChI is InChI=1S/C12H7N3O2S/c16-12-14-15-6-8(13-11(15)18-12)10-5-7-3-1-2-4-9(7)17-10/h1-6H,(H,14,16). The Bertz CT molecular complexity index is 844. The summed E-state index contributed by atoms with van der Waals surface area (Å²) >= 11 is 1.07. The minimum absolute atomic E-state index is 0.117. The summed E-state index contributed by atoms with van der Waals surface area (Å²) in [5.74, 6) is 0.702. The molecule has 3 heterocycles. The molecule has 88 valence electrons. The SMILES string of the molecule is O=c1[nH]n2cc(-c3cc4ccccc4o3)nc2s1. The second-order valence-electron chi connectivity index (χ2n) is 3.93. The van der Waals surface area contributed by atoms with Crippen LogP contribution in [0.15, 0.2) is 45.7 Å². The lowest BCUT2D eigenvalue weighted by Gasteiger charge is -1.86. The molecule has 0 aliphatic carbocycles. The van der Waals surface area contributed by atoms with Crippen molar-refractivity contribution < 1.29 is 4.42 Å². The van der Waals surface area contributed by atoms with E-state index in [-0.39, 0.29) is 4.87 Å². The van der Waals surface area contributed by atoms with E-state index in [1.807, 2.05) is 30.3 Å². The third kappa shape index (κ3) is 1.32. The van der Waals surface area contributed by atoms with E-state index in [0.29, 0.717) is 16.4 Å². The molecule has 0 bridgehead atoms. The van der Waals surface area contributed by atoms with Crippen molar-refractivity contribution >= 4 is 27.3 Å². The van der Waals surface area contributed by atoms with Gasteiger partial charge in [0.05, 0.1) is 6.20 Å². The first kappa shape index (κ1) is 9.67. The fourth-order valence-corrected chi connectivity index (χ4v) is 2.60. The van der Waals surface area contributed by atoms with Gasteiger partial charge in [0.1, 0.15) is 11.3 Å². The van der Waals surface area contributed by atoms with Crippen LogP contribution in [0.1, 0.15) is 0 Å². The topological polar surface area (TPSA) is 63.3 Å². The van der Waals surface area contributed by atoms with Crippen LogP contribution in [0.3, 0.4) is 0 Å². The Morgan fingerprint density at radius 3 is 3.06 bits per heavy atom.